The smallest absolute Gasteiger partial charge is 0.192 e. The van der Waals surface area contributed by atoms with Gasteiger partial charge in [0.15, 0.2) is 8.32 Å². The van der Waals surface area contributed by atoms with Gasteiger partial charge < -0.3 is 4.43 Å². The monoisotopic (exact) mass is 186 g/mol. The van der Waals surface area contributed by atoms with E-state index in [1.807, 2.05) is 7.11 Å². The zero-order valence-electron chi connectivity index (χ0n) is 8.73. The summed E-state index contributed by atoms with van der Waals surface area (Å²) in [6, 6.07) is 1.29. The van der Waals surface area contributed by atoms with E-state index in [2.05, 4.69) is 13.5 Å². The van der Waals surface area contributed by atoms with E-state index in [1.165, 1.54) is 38.1 Å². The minimum absolute atomic E-state index is 0.946. The molecule has 0 radical (unpaired) electrons. The molecular formula is C10H22OSi. The summed E-state index contributed by atoms with van der Waals surface area (Å²) < 4.78 is 5.77. The maximum atomic E-state index is 5.77. The SMILES string of the molecule is CC[Si](C)(OC)C1CCCCC1. The number of rotatable bonds is 3. The predicted molar refractivity (Wildman–Crippen MR) is 55.9 cm³/mol. The van der Waals surface area contributed by atoms with Gasteiger partial charge in [-0.15, -0.1) is 0 Å². The average molecular weight is 186 g/mol. The number of hydrogen-bond acceptors (Lipinski definition) is 1. The Labute approximate surface area is 77.6 Å². The van der Waals surface area contributed by atoms with Gasteiger partial charge in [0.05, 0.1) is 0 Å². The molecular weight excluding hydrogens is 164 g/mol. The van der Waals surface area contributed by atoms with Crippen LogP contribution in [0.3, 0.4) is 0 Å². The molecule has 1 unspecified atom stereocenters. The standard InChI is InChI=1S/C10H22OSi/c1-4-12(3,11-2)10-8-6-5-7-9-10/h10H,4-9H2,1-3H3. The van der Waals surface area contributed by atoms with Crippen LogP contribution in [0.25, 0.3) is 0 Å². The van der Waals surface area contributed by atoms with Gasteiger partial charge in [-0.1, -0.05) is 39.0 Å². The molecule has 0 N–H and O–H groups in total. The van der Waals surface area contributed by atoms with Crippen molar-refractivity contribution in [3.63, 3.8) is 0 Å². The third-order valence-electron chi connectivity index (χ3n) is 3.64. The lowest BCUT2D eigenvalue weighted by Gasteiger charge is -2.35. The summed E-state index contributed by atoms with van der Waals surface area (Å²) in [5, 5.41) is 0. The summed E-state index contributed by atoms with van der Waals surface area (Å²) >= 11 is 0. The van der Waals surface area contributed by atoms with Crippen molar-refractivity contribution in [2.75, 3.05) is 7.11 Å². The Hall–Kier alpha value is 0.177. The van der Waals surface area contributed by atoms with Gasteiger partial charge in [-0.3, -0.25) is 0 Å². The Bertz CT molecular complexity index is 126. The van der Waals surface area contributed by atoms with Crippen molar-refractivity contribution in [1.82, 2.24) is 0 Å². The molecule has 1 rings (SSSR count). The summed E-state index contributed by atoms with van der Waals surface area (Å²) in [6.45, 7) is 4.70. The predicted octanol–water partition coefficient (Wildman–Crippen LogP) is 3.56. The van der Waals surface area contributed by atoms with Gasteiger partial charge in [0, 0.05) is 7.11 Å². The Kier molecular flexibility index (Phi) is 3.78. The molecule has 0 aromatic carbocycles. The van der Waals surface area contributed by atoms with Gasteiger partial charge in [0.1, 0.15) is 0 Å². The van der Waals surface area contributed by atoms with Gasteiger partial charge >= 0.3 is 0 Å². The fourth-order valence-electron chi connectivity index (χ4n) is 2.31. The van der Waals surface area contributed by atoms with E-state index in [4.69, 9.17) is 4.43 Å². The van der Waals surface area contributed by atoms with Gasteiger partial charge in [-0.25, -0.2) is 0 Å². The molecule has 12 heavy (non-hydrogen) atoms. The lowest BCUT2D eigenvalue weighted by molar-refractivity contribution is 0.358. The van der Waals surface area contributed by atoms with E-state index < -0.39 is 8.32 Å². The van der Waals surface area contributed by atoms with E-state index in [0.717, 1.165) is 5.54 Å². The van der Waals surface area contributed by atoms with Crippen LogP contribution in [-0.2, 0) is 4.43 Å². The second-order valence-electron chi connectivity index (χ2n) is 4.21. The molecule has 0 aliphatic heterocycles. The Morgan fingerprint density at radius 2 is 1.83 bits per heavy atom. The third-order valence-corrected chi connectivity index (χ3v) is 8.28. The molecule has 0 amide bonds. The second-order valence-corrected chi connectivity index (χ2v) is 8.76. The first kappa shape index (κ1) is 10.3. The second kappa shape index (κ2) is 4.42. The maximum absolute atomic E-state index is 5.77. The van der Waals surface area contributed by atoms with Gasteiger partial charge in [0.2, 0.25) is 0 Å². The third kappa shape index (κ3) is 2.11. The van der Waals surface area contributed by atoms with Crippen molar-refractivity contribution in [2.24, 2.45) is 0 Å². The van der Waals surface area contributed by atoms with Gasteiger partial charge in [-0.05, 0) is 18.1 Å². The van der Waals surface area contributed by atoms with E-state index in [-0.39, 0.29) is 0 Å². The Morgan fingerprint density at radius 1 is 1.25 bits per heavy atom. The highest BCUT2D eigenvalue weighted by Crippen LogP contribution is 2.38. The molecule has 2 heteroatoms. The molecule has 0 aromatic heterocycles. The van der Waals surface area contributed by atoms with E-state index in [1.54, 1.807) is 0 Å². The highest BCUT2D eigenvalue weighted by atomic mass is 28.4. The van der Waals surface area contributed by atoms with Crippen LogP contribution in [-0.4, -0.2) is 15.4 Å². The minimum atomic E-state index is -1.30. The summed E-state index contributed by atoms with van der Waals surface area (Å²) in [5.74, 6) is 0. The van der Waals surface area contributed by atoms with Crippen molar-refractivity contribution < 1.29 is 4.43 Å². The van der Waals surface area contributed by atoms with Crippen molar-refractivity contribution in [1.29, 1.82) is 0 Å². The van der Waals surface area contributed by atoms with E-state index >= 15 is 0 Å². The molecule has 1 nitrogen and oxygen atoms in total. The molecule has 1 aliphatic rings. The first-order chi connectivity index (χ1) is 5.73. The average Bonchev–Trinajstić information content (AvgIpc) is 2.18. The van der Waals surface area contributed by atoms with Crippen LogP contribution in [0, 0.1) is 0 Å². The van der Waals surface area contributed by atoms with Gasteiger partial charge in [-0.2, -0.15) is 0 Å². The maximum Gasteiger partial charge on any atom is 0.192 e. The van der Waals surface area contributed by atoms with Crippen LogP contribution in [0.4, 0.5) is 0 Å². The molecule has 1 atom stereocenters. The quantitative estimate of drug-likeness (QED) is 0.612. The molecule has 0 saturated heterocycles. The first-order valence-corrected chi connectivity index (χ1v) is 7.97. The zero-order valence-corrected chi connectivity index (χ0v) is 9.73. The molecule has 0 spiro atoms. The summed E-state index contributed by atoms with van der Waals surface area (Å²) in [5.41, 5.74) is 0.946. The largest absolute Gasteiger partial charge is 0.420 e. The van der Waals surface area contributed by atoms with Crippen LogP contribution in [0.15, 0.2) is 0 Å². The molecule has 1 saturated carbocycles. The first-order valence-electron chi connectivity index (χ1n) is 5.28. The topological polar surface area (TPSA) is 9.23 Å². The van der Waals surface area contributed by atoms with Crippen LogP contribution < -0.4 is 0 Å². The molecule has 0 aromatic rings. The zero-order chi connectivity index (χ0) is 9.03. The van der Waals surface area contributed by atoms with E-state index in [0.29, 0.717) is 0 Å². The normalized spacial score (nSPS) is 25.2. The fraction of sp³-hybridized carbons (Fsp3) is 1.00. The summed E-state index contributed by atoms with van der Waals surface area (Å²) in [7, 11) is 0.624. The molecule has 72 valence electrons. The van der Waals surface area contributed by atoms with Gasteiger partial charge in [0.25, 0.3) is 0 Å². The molecule has 0 bridgehead atoms. The highest BCUT2D eigenvalue weighted by Gasteiger charge is 2.36. The van der Waals surface area contributed by atoms with Crippen molar-refractivity contribution in [3.8, 4) is 0 Å². The minimum Gasteiger partial charge on any atom is -0.420 e. The summed E-state index contributed by atoms with van der Waals surface area (Å²) in [6.07, 6.45) is 7.20. The van der Waals surface area contributed by atoms with Crippen molar-refractivity contribution in [2.45, 2.75) is 57.2 Å². The molecule has 0 heterocycles. The van der Waals surface area contributed by atoms with Crippen molar-refractivity contribution in [3.05, 3.63) is 0 Å². The molecule has 1 fully saturated rings. The van der Waals surface area contributed by atoms with Crippen LogP contribution in [0.5, 0.6) is 0 Å². The Balaban J connectivity index is 2.51. The van der Waals surface area contributed by atoms with Crippen LogP contribution in [0.1, 0.15) is 39.0 Å². The van der Waals surface area contributed by atoms with Crippen LogP contribution in [0.2, 0.25) is 18.1 Å². The van der Waals surface area contributed by atoms with E-state index in [9.17, 15) is 0 Å². The molecule has 1 aliphatic carbocycles. The highest BCUT2D eigenvalue weighted by molar-refractivity contribution is 6.73. The number of hydrogen-bond donors (Lipinski definition) is 0. The van der Waals surface area contributed by atoms with Crippen LogP contribution >= 0.6 is 0 Å². The Morgan fingerprint density at radius 3 is 2.25 bits per heavy atom. The van der Waals surface area contributed by atoms with Crippen molar-refractivity contribution >= 4 is 8.32 Å². The fourth-order valence-corrected chi connectivity index (χ4v) is 5.14. The lowest BCUT2D eigenvalue weighted by Crippen LogP contribution is -2.39. The summed E-state index contributed by atoms with van der Waals surface area (Å²) in [4.78, 5) is 0. The lowest BCUT2D eigenvalue weighted by atomic mass is 10.0.